The molecule has 137 valence electrons. The lowest BCUT2D eigenvalue weighted by molar-refractivity contribution is -0.0959. The number of halogens is 7. The topological polar surface area (TPSA) is 0 Å². The van der Waals surface area contributed by atoms with Crippen LogP contribution in [0.4, 0.5) is 13.2 Å². The third-order valence-electron chi connectivity index (χ3n) is 4.24. The lowest BCUT2D eigenvalue weighted by Gasteiger charge is -2.41. The first kappa shape index (κ1) is 19.9. The Morgan fingerprint density at radius 3 is 1.81 bits per heavy atom. The highest BCUT2D eigenvalue weighted by Gasteiger charge is 2.51. The molecule has 0 N–H and O–H groups in total. The zero-order chi connectivity index (χ0) is 19.2. The van der Waals surface area contributed by atoms with Crippen molar-refractivity contribution in [3.63, 3.8) is 0 Å². The normalized spacial score (nSPS) is 26.5. The molecule has 2 atom stereocenters. The largest absolute Gasteiger partial charge is 0.412 e. The van der Waals surface area contributed by atoms with Crippen molar-refractivity contribution in [2.45, 2.75) is 22.3 Å². The predicted molar refractivity (Wildman–Crippen MR) is 101 cm³/mol. The number of hydrogen-bond donors (Lipinski definition) is 0. The second-order valence-corrected chi connectivity index (χ2v) is 8.19. The van der Waals surface area contributed by atoms with E-state index in [1.165, 1.54) is 6.42 Å². The molecule has 7 heteroatoms. The van der Waals surface area contributed by atoms with Crippen LogP contribution in [0.2, 0.25) is 10.0 Å². The van der Waals surface area contributed by atoms with Crippen LogP contribution in [-0.4, -0.2) is 6.18 Å². The van der Waals surface area contributed by atoms with E-state index in [4.69, 9.17) is 46.4 Å². The second-order valence-electron chi connectivity index (χ2n) is 6.08. The summed E-state index contributed by atoms with van der Waals surface area (Å²) in [6, 6.07) is 13.0. The highest BCUT2D eigenvalue weighted by atomic mass is 35.5. The maximum absolute atomic E-state index is 13.6. The van der Waals surface area contributed by atoms with Crippen molar-refractivity contribution in [2.24, 2.45) is 0 Å². The molecule has 0 spiro atoms. The molecule has 0 aromatic heterocycles. The molecule has 0 heterocycles. The van der Waals surface area contributed by atoms with Crippen molar-refractivity contribution in [3.05, 3.63) is 87.8 Å². The van der Waals surface area contributed by atoms with Gasteiger partial charge in [0.25, 0.3) is 0 Å². The van der Waals surface area contributed by atoms with E-state index in [9.17, 15) is 13.2 Å². The van der Waals surface area contributed by atoms with Crippen molar-refractivity contribution < 1.29 is 13.2 Å². The van der Waals surface area contributed by atoms with Gasteiger partial charge in [0.15, 0.2) is 0 Å². The second kappa shape index (κ2) is 6.94. The average Bonchev–Trinajstić information content (AvgIpc) is 2.54. The fourth-order valence-corrected chi connectivity index (χ4v) is 4.80. The lowest BCUT2D eigenvalue weighted by Crippen LogP contribution is -2.38. The molecule has 2 aromatic carbocycles. The summed E-state index contributed by atoms with van der Waals surface area (Å²) >= 11 is 25.7. The van der Waals surface area contributed by atoms with E-state index in [0.717, 1.165) is 6.08 Å². The summed E-state index contributed by atoms with van der Waals surface area (Å²) in [4.78, 5) is -3.18. The number of benzene rings is 2. The van der Waals surface area contributed by atoms with Crippen LogP contribution < -0.4 is 0 Å². The summed E-state index contributed by atoms with van der Waals surface area (Å²) in [5, 5.41) is 0.511. The van der Waals surface area contributed by atoms with Gasteiger partial charge in [0.2, 0.25) is 0 Å². The van der Waals surface area contributed by atoms with Gasteiger partial charge in [0, 0.05) is 28.5 Å². The predicted octanol–water partition coefficient (Wildman–Crippen LogP) is 7.66. The van der Waals surface area contributed by atoms with E-state index in [1.54, 1.807) is 48.5 Å². The third-order valence-corrected chi connectivity index (χ3v) is 5.77. The molecule has 0 bridgehead atoms. The minimum absolute atomic E-state index is 0.247. The molecule has 1 radical (unpaired) electrons. The molecule has 0 nitrogen and oxygen atoms in total. The van der Waals surface area contributed by atoms with Crippen molar-refractivity contribution in [2.75, 3.05) is 0 Å². The van der Waals surface area contributed by atoms with Crippen LogP contribution in [0, 0.1) is 6.42 Å². The summed E-state index contributed by atoms with van der Waals surface area (Å²) in [5.41, 5.74) is -0.151. The monoisotopic (exact) mass is 437 g/mol. The SMILES string of the molecule is FC(F)(F)C1=CC(Cl)(c2ccccc2Cl)[CH]C(Cl)(c2ccccc2Cl)C1. The Hall–Kier alpha value is -0.870. The molecule has 2 unspecified atom stereocenters. The molecule has 1 aliphatic rings. The Kier molecular flexibility index (Phi) is 5.31. The van der Waals surface area contributed by atoms with Crippen LogP contribution in [0.1, 0.15) is 17.5 Å². The Bertz CT molecular complexity index is 862. The third kappa shape index (κ3) is 3.73. The highest BCUT2D eigenvalue weighted by molar-refractivity contribution is 6.36. The van der Waals surface area contributed by atoms with Crippen LogP contribution in [0.5, 0.6) is 0 Å². The van der Waals surface area contributed by atoms with E-state index in [-0.39, 0.29) is 10.0 Å². The first-order valence-electron chi connectivity index (χ1n) is 7.59. The Balaban J connectivity index is 2.20. The van der Waals surface area contributed by atoms with Gasteiger partial charge in [-0.05, 0) is 23.3 Å². The number of allylic oxidation sites excluding steroid dienone is 2. The fraction of sp³-hybridized carbons (Fsp3) is 0.211. The average molecular weight is 439 g/mol. The van der Waals surface area contributed by atoms with Gasteiger partial charge in [-0.25, -0.2) is 0 Å². The van der Waals surface area contributed by atoms with E-state index < -0.39 is 27.9 Å². The summed E-state index contributed by atoms with van der Waals surface area (Å²) < 4.78 is 40.8. The van der Waals surface area contributed by atoms with E-state index in [0.29, 0.717) is 11.1 Å². The number of hydrogen-bond acceptors (Lipinski definition) is 0. The molecule has 1 aliphatic carbocycles. The van der Waals surface area contributed by atoms with Gasteiger partial charge in [-0.15, -0.1) is 23.2 Å². The van der Waals surface area contributed by atoms with Gasteiger partial charge >= 0.3 is 6.18 Å². The van der Waals surface area contributed by atoms with Crippen molar-refractivity contribution in [3.8, 4) is 0 Å². The van der Waals surface area contributed by atoms with Gasteiger partial charge in [-0.3, -0.25) is 0 Å². The Morgan fingerprint density at radius 1 is 0.808 bits per heavy atom. The summed E-state index contributed by atoms with van der Waals surface area (Å²) in [6.07, 6.45) is -2.65. The number of alkyl halides is 5. The van der Waals surface area contributed by atoms with Crippen molar-refractivity contribution >= 4 is 46.4 Å². The highest BCUT2D eigenvalue weighted by Crippen LogP contribution is 2.56. The van der Waals surface area contributed by atoms with Gasteiger partial charge in [0.05, 0.1) is 9.75 Å². The summed E-state index contributed by atoms with van der Waals surface area (Å²) in [7, 11) is 0. The van der Waals surface area contributed by atoms with Crippen LogP contribution >= 0.6 is 46.4 Å². The Morgan fingerprint density at radius 2 is 1.31 bits per heavy atom. The molecule has 0 amide bonds. The smallest absolute Gasteiger partial charge is 0.166 e. The molecular formula is C19H12Cl4F3. The van der Waals surface area contributed by atoms with E-state index in [1.807, 2.05) is 0 Å². The summed E-state index contributed by atoms with van der Waals surface area (Å²) in [5.74, 6) is 0. The number of rotatable bonds is 2. The Labute approximate surface area is 169 Å². The maximum Gasteiger partial charge on any atom is 0.412 e. The van der Waals surface area contributed by atoms with Crippen LogP contribution in [0.3, 0.4) is 0 Å². The zero-order valence-corrected chi connectivity index (χ0v) is 16.2. The fourth-order valence-electron chi connectivity index (χ4n) is 3.09. The van der Waals surface area contributed by atoms with E-state index >= 15 is 0 Å². The van der Waals surface area contributed by atoms with Gasteiger partial charge in [0.1, 0.15) is 0 Å². The molecular weight excluding hydrogens is 427 g/mol. The van der Waals surface area contributed by atoms with Gasteiger partial charge in [-0.2, -0.15) is 13.2 Å². The molecule has 0 fully saturated rings. The molecule has 0 saturated carbocycles. The molecule has 26 heavy (non-hydrogen) atoms. The summed E-state index contributed by atoms with van der Waals surface area (Å²) in [6.45, 7) is 0. The maximum atomic E-state index is 13.6. The molecule has 0 saturated heterocycles. The minimum Gasteiger partial charge on any atom is -0.166 e. The van der Waals surface area contributed by atoms with Crippen LogP contribution in [-0.2, 0) is 9.75 Å². The molecule has 2 aromatic rings. The molecule has 3 rings (SSSR count). The quantitative estimate of drug-likeness (QED) is 0.333. The van der Waals surface area contributed by atoms with Crippen LogP contribution in [0.25, 0.3) is 0 Å². The van der Waals surface area contributed by atoms with Gasteiger partial charge < -0.3 is 0 Å². The van der Waals surface area contributed by atoms with Crippen molar-refractivity contribution in [1.29, 1.82) is 0 Å². The first-order valence-corrected chi connectivity index (χ1v) is 9.10. The van der Waals surface area contributed by atoms with E-state index in [2.05, 4.69) is 0 Å². The minimum atomic E-state index is -4.59. The zero-order valence-electron chi connectivity index (χ0n) is 13.1. The van der Waals surface area contributed by atoms with Crippen LogP contribution in [0.15, 0.2) is 60.2 Å². The lowest BCUT2D eigenvalue weighted by atomic mass is 9.74. The molecule has 0 aliphatic heterocycles. The van der Waals surface area contributed by atoms with Crippen molar-refractivity contribution in [1.82, 2.24) is 0 Å². The standard InChI is InChI=1S/C19H12Cl4F3/c20-15-7-3-1-5-13(15)17(22)9-12(19(24,25)26)10-18(23,11-17)14-6-2-4-8-16(14)21/h1-9,11H,10H2. The first-order chi connectivity index (χ1) is 12.1. The van der Waals surface area contributed by atoms with Gasteiger partial charge in [-0.1, -0.05) is 65.7 Å².